The highest BCUT2D eigenvalue weighted by Crippen LogP contribution is 2.51. The number of fused-ring (bicyclic) bond motifs is 2. The molecule has 2 aromatic carbocycles. The Bertz CT molecular complexity index is 867. The summed E-state index contributed by atoms with van der Waals surface area (Å²) in [6, 6.07) is 13.9. The Balaban J connectivity index is 1.87. The monoisotopic (exact) mass is 367 g/mol. The van der Waals surface area contributed by atoms with Gasteiger partial charge in [0.25, 0.3) is 0 Å². The van der Waals surface area contributed by atoms with E-state index in [1.807, 2.05) is 42.6 Å². The van der Waals surface area contributed by atoms with Gasteiger partial charge in [-0.3, -0.25) is 9.79 Å². The van der Waals surface area contributed by atoms with E-state index in [1.54, 1.807) is 13.2 Å². The summed E-state index contributed by atoms with van der Waals surface area (Å²) < 4.78 is 6.22. The Morgan fingerprint density at radius 1 is 1.17 bits per heavy atom. The first-order valence-electron chi connectivity index (χ1n) is 7.37. The van der Waals surface area contributed by atoms with Gasteiger partial charge in [-0.05, 0) is 53.1 Å². The summed E-state index contributed by atoms with van der Waals surface area (Å²) in [4.78, 5) is 16.8. The van der Waals surface area contributed by atoms with Gasteiger partial charge in [0.1, 0.15) is 5.75 Å². The Labute approximate surface area is 142 Å². The molecule has 1 atom stereocenters. The van der Waals surface area contributed by atoms with Crippen molar-refractivity contribution in [2.45, 2.75) is 11.8 Å². The maximum atomic E-state index is 12.2. The number of rotatable bonds is 2. The number of methoxy groups -OCH3 is 1. The largest absolute Gasteiger partial charge is 0.497 e. The lowest BCUT2D eigenvalue weighted by Crippen LogP contribution is -2.25. The highest BCUT2D eigenvalue weighted by atomic mass is 79.9. The maximum Gasteiger partial charge on any atom is 0.157 e. The molecule has 0 aromatic heterocycles. The molecule has 2 aliphatic rings. The molecule has 0 fully saturated rings. The van der Waals surface area contributed by atoms with Crippen molar-refractivity contribution in [3.63, 3.8) is 0 Å². The second-order valence-corrected chi connectivity index (χ2v) is 6.74. The second kappa shape index (κ2) is 5.17. The van der Waals surface area contributed by atoms with Gasteiger partial charge in [0.15, 0.2) is 5.78 Å². The number of nitrogens with zero attached hydrogens (tertiary/aromatic N) is 1. The number of halogens is 1. The fourth-order valence-electron chi connectivity index (χ4n) is 3.41. The van der Waals surface area contributed by atoms with Crippen LogP contribution in [0.15, 0.2) is 58.0 Å². The first-order chi connectivity index (χ1) is 11.1. The maximum absolute atomic E-state index is 12.2. The van der Waals surface area contributed by atoms with Gasteiger partial charge >= 0.3 is 0 Å². The van der Waals surface area contributed by atoms with E-state index in [-0.39, 0.29) is 5.78 Å². The number of carbonyl (C=O) groups excluding carboxylic acids is 1. The Morgan fingerprint density at radius 3 is 2.70 bits per heavy atom. The quantitative estimate of drug-likeness (QED) is 0.785. The summed E-state index contributed by atoms with van der Waals surface area (Å²) >= 11 is 3.53. The van der Waals surface area contributed by atoms with E-state index in [0.29, 0.717) is 6.42 Å². The molecule has 2 aromatic rings. The Morgan fingerprint density at radius 2 is 1.96 bits per heavy atom. The van der Waals surface area contributed by atoms with Crippen LogP contribution in [-0.2, 0) is 10.2 Å². The van der Waals surface area contributed by atoms with E-state index < -0.39 is 5.41 Å². The molecule has 0 amide bonds. The van der Waals surface area contributed by atoms with E-state index in [9.17, 15) is 4.79 Å². The first kappa shape index (κ1) is 14.4. The van der Waals surface area contributed by atoms with Gasteiger partial charge in [-0.1, -0.05) is 28.1 Å². The van der Waals surface area contributed by atoms with Crippen LogP contribution < -0.4 is 4.74 Å². The van der Waals surface area contributed by atoms with Crippen LogP contribution in [0.4, 0.5) is 5.69 Å². The van der Waals surface area contributed by atoms with Crippen LogP contribution in [0.5, 0.6) is 5.75 Å². The standard InChI is InChI=1S/C19H14BrNO2/c1-23-15-5-2-12(3-6-15)16-9-14(22)10-19(16)11-21-18-7-4-13(20)8-17(18)19/h2-9,11H,10H2,1H3. The minimum Gasteiger partial charge on any atom is -0.497 e. The number of hydrogen-bond donors (Lipinski definition) is 0. The van der Waals surface area contributed by atoms with Crippen LogP contribution in [0, 0.1) is 0 Å². The van der Waals surface area contributed by atoms with Crippen LogP contribution in [0.25, 0.3) is 5.57 Å². The molecular weight excluding hydrogens is 354 g/mol. The summed E-state index contributed by atoms with van der Waals surface area (Å²) in [6.07, 6.45) is 4.11. The van der Waals surface area contributed by atoms with Gasteiger partial charge in [-0.2, -0.15) is 0 Å². The van der Waals surface area contributed by atoms with E-state index in [1.165, 1.54) is 0 Å². The van der Waals surface area contributed by atoms with Crippen LogP contribution in [-0.4, -0.2) is 19.1 Å². The Kier molecular flexibility index (Phi) is 3.23. The summed E-state index contributed by atoms with van der Waals surface area (Å²) in [5.74, 6) is 0.936. The lowest BCUT2D eigenvalue weighted by atomic mass is 9.74. The van der Waals surface area contributed by atoms with Crippen molar-refractivity contribution in [3.05, 3.63) is 64.1 Å². The zero-order chi connectivity index (χ0) is 16.0. The number of ketones is 1. The molecule has 1 unspecified atom stereocenters. The van der Waals surface area contributed by atoms with Crippen molar-refractivity contribution in [1.82, 2.24) is 0 Å². The van der Waals surface area contributed by atoms with Gasteiger partial charge in [-0.15, -0.1) is 0 Å². The zero-order valence-electron chi connectivity index (χ0n) is 12.5. The molecular formula is C19H14BrNO2. The average Bonchev–Trinajstić information content (AvgIpc) is 3.09. The Hall–Kier alpha value is -2.20. The fourth-order valence-corrected chi connectivity index (χ4v) is 3.77. The van der Waals surface area contributed by atoms with Gasteiger partial charge < -0.3 is 4.74 Å². The number of carbonyl (C=O) groups is 1. The second-order valence-electron chi connectivity index (χ2n) is 5.82. The molecule has 23 heavy (non-hydrogen) atoms. The van der Waals surface area contributed by atoms with Crippen molar-refractivity contribution in [2.24, 2.45) is 4.99 Å². The molecule has 0 radical (unpaired) electrons. The highest BCUT2D eigenvalue weighted by molar-refractivity contribution is 9.10. The predicted molar refractivity (Wildman–Crippen MR) is 94.6 cm³/mol. The SMILES string of the molecule is COc1ccc(C2=CC(=O)CC23C=Nc2ccc(Br)cc23)cc1. The van der Waals surface area contributed by atoms with Gasteiger partial charge in [-0.25, -0.2) is 0 Å². The third-order valence-corrected chi connectivity index (χ3v) is 5.00. The van der Waals surface area contributed by atoms with Crippen molar-refractivity contribution in [1.29, 1.82) is 0 Å². The minimum absolute atomic E-state index is 0.134. The lowest BCUT2D eigenvalue weighted by molar-refractivity contribution is -0.114. The molecule has 1 heterocycles. The van der Waals surface area contributed by atoms with Crippen molar-refractivity contribution < 1.29 is 9.53 Å². The molecule has 0 saturated carbocycles. The van der Waals surface area contributed by atoms with Crippen LogP contribution in [0.3, 0.4) is 0 Å². The topological polar surface area (TPSA) is 38.7 Å². The number of benzene rings is 2. The van der Waals surface area contributed by atoms with E-state index in [0.717, 1.165) is 32.6 Å². The molecule has 114 valence electrons. The first-order valence-corrected chi connectivity index (χ1v) is 8.16. The van der Waals surface area contributed by atoms with Crippen LogP contribution >= 0.6 is 15.9 Å². The summed E-state index contributed by atoms with van der Waals surface area (Å²) in [5.41, 5.74) is 3.59. The molecule has 4 heteroatoms. The van der Waals surface area contributed by atoms with Crippen molar-refractivity contribution in [3.8, 4) is 5.75 Å². The lowest BCUT2D eigenvalue weighted by Gasteiger charge is -2.26. The fraction of sp³-hybridized carbons (Fsp3) is 0.158. The van der Waals surface area contributed by atoms with Crippen LogP contribution in [0.2, 0.25) is 0 Å². The van der Waals surface area contributed by atoms with E-state index in [4.69, 9.17) is 4.74 Å². The smallest absolute Gasteiger partial charge is 0.157 e. The van der Waals surface area contributed by atoms with E-state index >= 15 is 0 Å². The molecule has 0 N–H and O–H groups in total. The molecule has 1 aliphatic carbocycles. The number of allylic oxidation sites excluding steroid dienone is 2. The predicted octanol–water partition coefficient (Wildman–Crippen LogP) is 4.47. The van der Waals surface area contributed by atoms with E-state index in [2.05, 4.69) is 27.0 Å². The minimum atomic E-state index is -0.454. The van der Waals surface area contributed by atoms with Gasteiger partial charge in [0, 0.05) is 17.1 Å². The molecule has 0 saturated heterocycles. The summed E-state index contributed by atoms with van der Waals surface area (Å²) in [5, 5.41) is 0. The zero-order valence-corrected chi connectivity index (χ0v) is 14.1. The highest BCUT2D eigenvalue weighted by Gasteiger charge is 2.45. The third-order valence-electron chi connectivity index (χ3n) is 4.50. The van der Waals surface area contributed by atoms with Crippen molar-refractivity contribution >= 4 is 39.2 Å². The molecule has 1 spiro atoms. The normalized spacial score (nSPS) is 21.7. The summed E-state index contributed by atoms with van der Waals surface area (Å²) in [7, 11) is 1.65. The van der Waals surface area contributed by atoms with Crippen LogP contribution in [0.1, 0.15) is 17.5 Å². The van der Waals surface area contributed by atoms with Crippen molar-refractivity contribution in [2.75, 3.05) is 7.11 Å². The summed E-state index contributed by atoms with van der Waals surface area (Å²) in [6.45, 7) is 0. The third kappa shape index (κ3) is 2.17. The average molecular weight is 368 g/mol. The molecule has 3 nitrogen and oxygen atoms in total. The number of hydrogen-bond acceptors (Lipinski definition) is 3. The molecule has 4 rings (SSSR count). The van der Waals surface area contributed by atoms with Gasteiger partial charge in [0.2, 0.25) is 0 Å². The number of aliphatic imine (C=N–C) groups is 1. The number of ether oxygens (including phenoxy) is 1. The molecule has 1 aliphatic heterocycles. The van der Waals surface area contributed by atoms with Gasteiger partial charge in [0.05, 0.1) is 18.2 Å². The molecule has 0 bridgehead atoms.